The molecule has 3 aliphatic heterocycles. The van der Waals surface area contributed by atoms with Crippen LogP contribution < -0.4 is 10.2 Å². The van der Waals surface area contributed by atoms with E-state index < -0.39 is 17.4 Å². The molecule has 1 aromatic carbocycles. The number of nitrogens with zero attached hydrogens (tertiary/aromatic N) is 2. The highest BCUT2D eigenvalue weighted by Crippen LogP contribution is 2.55. The van der Waals surface area contributed by atoms with Crippen LogP contribution in [0.4, 0.5) is 5.69 Å². The molecule has 2 fully saturated rings. The quantitative estimate of drug-likeness (QED) is 0.510. The fourth-order valence-corrected chi connectivity index (χ4v) is 5.84. The molecule has 0 bridgehead atoms. The van der Waals surface area contributed by atoms with E-state index in [0.29, 0.717) is 13.1 Å². The van der Waals surface area contributed by atoms with Gasteiger partial charge in [-0.2, -0.15) is 11.8 Å². The Morgan fingerprint density at radius 3 is 2.67 bits per heavy atom. The summed E-state index contributed by atoms with van der Waals surface area (Å²) in [5.74, 6) is -0.815. The van der Waals surface area contributed by atoms with Gasteiger partial charge in [-0.15, -0.1) is 6.58 Å². The number of amides is 3. The van der Waals surface area contributed by atoms with E-state index in [9.17, 15) is 14.4 Å². The number of thioether (sulfide) groups is 1. The molecule has 7 heteroatoms. The van der Waals surface area contributed by atoms with Gasteiger partial charge in [0.2, 0.25) is 11.8 Å². The lowest BCUT2D eigenvalue weighted by molar-refractivity contribution is -0.143. The van der Waals surface area contributed by atoms with Crippen molar-refractivity contribution in [2.45, 2.75) is 37.8 Å². The van der Waals surface area contributed by atoms with Crippen LogP contribution in [0.2, 0.25) is 0 Å². The summed E-state index contributed by atoms with van der Waals surface area (Å²) in [6.07, 6.45) is 6.14. The monoisotopic (exact) mass is 427 g/mol. The number of likely N-dealkylation sites (tertiary alicyclic amines) is 1. The Morgan fingerprint density at radius 1 is 1.20 bits per heavy atom. The van der Waals surface area contributed by atoms with Gasteiger partial charge in [0.25, 0.3) is 5.91 Å². The minimum absolute atomic E-state index is 0.124. The summed E-state index contributed by atoms with van der Waals surface area (Å²) in [4.78, 5) is 43.9. The lowest BCUT2D eigenvalue weighted by atomic mass is 9.76. The predicted octanol–water partition coefficient (Wildman–Crippen LogP) is 2.54. The van der Waals surface area contributed by atoms with E-state index in [0.717, 1.165) is 36.3 Å². The minimum atomic E-state index is -1.18. The Labute approximate surface area is 182 Å². The number of carbonyl (C=O) groups is 3. The minimum Gasteiger partial charge on any atom is -0.306 e. The normalized spacial score (nSPS) is 29.8. The van der Waals surface area contributed by atoms with Crippen molar-refractivity contribution in [3.05, 3.63) is 42.5 Å². The number of anilines is 1. The third-order valence-electron chi connectivity index (χ3n) is 6.64. The van der Waals surface area contributed by atoms with Crippen LogP contribution in [-0.2, 0) is 19.9 Å². The van der Waals surface area contributed by atoms with Crippen molar-refractivity contribution in [3.8, 4) is 0 Å². The fraction of sp³-hybridized carbons (Fsp3) is 0.522. The topological polar surface area (TPSA) is 69.7 Å². The van der Waals surface area contributed by atoms with E-state index in [1.807, 2.05) is 37.4 Å². The standard InChI is InChI=1S/C23H29N3O3S/c1-4-6-13-26-20(27)18-16(11-14-30-3)24-23(19(18)21(26)28)15-9-7-8-10-17(15)25(12-5-2)22(23)29/h5,7-10,16,18-19,24H,2,4,6,11-14H2,1,3H3/t16-,18+,19-,23+/m0/s1. The van der Waals surface area contributed by atoms with Crippen LogP contribution in [0.3, 0.4) is 0 Å². The average Bonchev–Trinajstić information content (AvgIpc) is 3.31. The second-order valence-corrected chi connectivity index (χ2v) is 9.23. The molecular formula is C23H29N3O3S. The third kappa shape index (κ3) is 2.86. The van der Waals surface area contributed by atoms with Crippen LogP contribution in [0.25, 0.3) is 0 Å². The number of hydrogen-bond donors (Lipinski definition) is 1. The van der Waals surface area contributed by atoms with Gasteiger partial charge in [0, 0.05) is 30.4 Å². The van der Waals surface area contributed by atoms with Gasteiger partial charge in [-0.3, -0.25) is 24.6 Å². The van der Waals surface area contributed by atoms with Crippen LogP contribution in [-0.4, -0.2) is 53.8 Å². The lowest BCUT2D eigenvalue weighted by Crippen LogP contribution is -2.55. The molecule has 1 aromatic rings. The summed E-state index contributed by atoms with van der Waals surface area (Å²) < 4.78 is 0. The van der Waals surface area contributed by atoms with Crippen molar-refractivity contribution >= 4 is 35.2 Å². The summed E-state index contributed by atoms with van der Waals surface area (Å²) in [5, 5.41) is 3.53. The number of carbonyl (C=O) groups excluding carboxylic acids is 3. The van der Waals surface area contributed by atoms with Crippen molar-refractivity contribution in [3.63, 3.8) is 0 Å². The Kier molecular flexibility index (Phi) is 5.77. The van der Waals surface area contributed by atoms with Crippen molar-refractivity contribution in [2.75, 3.05) is 30.0 Å². The number of rotatable bonds is 8. The Bertz CT molecular complexity index is 888. The number of fused-ring (bicyclic) bond motifs is 4. The number of hydrogen-bond acceptors (Lipinski definition) is 5. The third-order valence-corrected chi connectivity index (χ3v) is 7.28. The van der Waals surface area contributed by atoms with Gasteiger partial charge in [-0.25, -0.2) is 0 Å². The van der Waals surface area contributed by atoms with Crippen LogP contribution in [0, 0.1) is 11.8 Å². The molecule has 0 aromatic heterocycles. The first-order valence-electron chi connectivity index (χ1n) is 10.7. The second-order valence-electron chi connectivity index (χ2n) is 8.25. The zero-order valence-corrected chi connectivity index (χ0v) is 18.4. The Hall–Kier alpha value is -2.12. The Balaban J connectivity index is 1.83. The van der Waals surface area contributed by atoms with Crippen LogP contribution in [0.1, 0.15) is 31.7 Å². The molecular weight excluding hydrogens is 398 g/mol. The van der Waals surface area contributed by atoms with Gasteiger partial charge in [0.15, 0.2) is 0 Å². The molecule has 160 valence electrons. The van der Waals surface area contributed by atoms with Crippen molar-refractivity contribution in [2.24, 2.45) is 11.8 Å². The van der Waals surface area contributed by atoms with E-state index in [1.165, 1.54) is 4.90 Å². The summed E-state index contributed by atoms with van der Waals surface area (Å²) in [7, 11) is 0. The second kappa shape index (κ2) is 8.19. The van der Waals surface area contributed by atoms with Crippen LogP contribution in [0.5, 0.6) is 0 Å². The van der Waals surface area contributed by atoms with E-state index in [2.05, 4.69) is 11.9 Å². The molecule has 0 unspecified atom stereocenters. The zero-order valence-electron chi connectivity index (χ0n) is 17.6. The SMILES string of the molecule is C=CCN1C(=O)[C@@]2(N[C@@H](CCSC)[C@H]3C(=O)N(CCCC)C(=O)[C@H]32)c2ccccc21. The van der Waals surface area contributed by atoms with Gasteiger partial charge in [-0.1, -0.05) is 37.6 Å². The summed E-state index contributed by atoms with van der Waals surface area (Å²) in [6.45, 7) is 6.63. The molecule has 1 N–H and O–H groups in total. The van der Waals surface area contributed by atoms with Crippen molar-refractivity contribution in [1.82, 2.24) is 10.2 Å². The fourth-order valence-electron chi connectivity index (χ4n) is 5.35. The molecule has 2 saturated heterocycles. The largest absolute Gasteiger partial charge is 0.306 e. The first-order chi connectivity index (χ1) is 14.5. The van der Waals surface area contributed by atoms with Gasteiger partial charge in [0.05, 0.1) is 11.8 Å². The molecule has 4 rings (SSSR count). The number of unbranched alkanes of at least 4 members (excludes halogenated alkanes) is 1. The molecule has 1 spiro atoms. The van der Waals surface area contributed by atoms with E-state index in [4.69, 9.17) is 0 Å². The molecule has 3 heterocycles. The summed E-state index contributed by atoms with van der Waals surface area (Å²) in [6, 6.07) is 7.42. The lowest BCUT2D eigenvalue weighted by Gasteiger charge is -2.30. The van der Waals surface area contributed by atoms with Gasteiger partial charge < -0.3 is 4.90 Å². The number of benzene rings is 1. The first kappa shape index (κ1) is 21.1. The maximum Gasteiger partial charge on any atom is 0.253 e. The molecule has 30 heavy (non-hydrogen) atoms. The molecule has 6 nitrogen and oxygen atoms in total. The highest BCUT2D eigenvalue weighted by Gasteiger charge is 2.71. The highest BCUT2D eigenvalue weighted by molar-refractivity contribution is 7.98. The zero-order chi connectivity index (χ0) is 21.5. The maximum absolute atomic E-state index is 13.8. The number of imide groups is 1. The molecule has 0 radical (unpaired) electrons. The molecule has 3 aliphatic rings. The van der Waals surface area contributed by atoms with Crippen LogP contribution in [0.15, 0.2) is 36.9 Å². The summed E-state index contributed by atoms with van der Waals surface area (Å²) in [5.41, 5.74) is 0.421. The van der Waals surface area contributed by atoms with Gasteiger partial charge in [0.1, 0.15) is 5.54 Å². The smallest absolute Gasteiger partial charge is 0.253 e. The molecule has 4 atom stereocenters. The van der Waals surface area contributed by atoms with Gasteiger partial charge >= 0.3 is 0 Å². The van der Waals surface area contributed by atoms with E-state index in [1.54, 1.807) is 22.7 Å². The molecule has 0 aliphatic carbocycles. The van der Waals surface area contributed by atoms with Crippen LogP contribution >= 0.6 is 11.8 Å². The maximum atomic E-state index is 13.8. The molecule has 0 saturated carbocycles. The summed E-state index contributed by atoms with van der Waals surface area (Å²) >= 11 is 1.71. The Morgan fingerprint density at radius 2 is 1.97 bits per heavy atom. The average molecular weight is 428 g/mol. The van der Waals surface area contributed by atoms with Crippen molar-refractivity contribution in [1.29, 1.82) is 0 Å². The highest BCUT2D eigenvalue weighted by atomic mass is 32.2. The first-order valence-corrected chi connectivity index (χ1v) is 12.1. The van der Waals surface area contributed by atoms with E-state index >= 15 is 0 Å². The van der Waals surface area contributed by atoms with E-state index in [-0.39, 0.29) is 23.8 Å². The number of nitrogens with one attached hydrogen (secondary N) is 1. The van der Waals surface area contributed by atoms with Gasteiger partial charge in [-0.05, 0) is 30.9 Å². The predicted molar refractivity (Wildman–Crippen MR) is 119 cm³/mol. The molecule has 3 amide bonds. The number of para-hydroxylation sites is 1. The van der Waals surface area contributed by atoms with Crippen molar-refractivity contribution < 1.29 is 14.4 Å².